The van der Waals surface area contributed by atoms with Crippen LogP contribution in [0.25, 0.3) is 10.1 Å². The van der Waals surface area contributed by atoms with E-state index in [0.29, 0.717) is 6.61 Å². The van der Waals surface area contributed by atoms with Crippen LogP contribution >= 0.6 is 11.3 Å². The zero-order chi connectivity index (χ0) is 13.8. The summed E-state index contributed by atoms with van der Waals surface area (Å²) in [6.45, 7) is 1.47. The highest BCUT2D eigenvalue weighted by Crippen LogP contribution is 2.24. The molecule has 0 aliphatic carbocycles. The Morgan fingerprint density at radius 2 is 1.90 bits per heavy atom. The molecule has 0 amide bonds. The van der Waals surface area contributed by atoms with E-state index in [9.17, 15) is 0 Å². The summed E-state index contributed by atoms with van der Waals surface area (Å²) in [6.07, 6.45) is 0. The molecule has 2 nitrogen and oxygen atoms in total. The maximum absolute atomic E-state index is 5.24. The molecule has 0 bridgehead atoms. The standard InChI is InChI=1S/C17H17NOS/c1-19-12-15-5-3-2-4-14(15)11-18-16-6-7-17-13(10-16)8-9-20-17/h2-10,18H,11-12H2,1H3. The van der Waals surface area contributed by atoms with Crippen LogP contribution in [-0.2, 0) is 17.9 Å². The summed E-state index contributed by atoms with van der Waals surface area (Å²) in [4.78, 5) is 0. The van der Waals surface area contributed by atoms with Crippen LogP contribution in [0.5, 0.6) is 0 Å². The van der Waals surface area contributed by atoms with Crippen molar-refractivity contribution >= 4 is 27.1 Å². The first-order valence-electron chi connectivity index (χ1n) is 6.63. The van der Waals surface area contributed by atoms with Crippen molar-refractivity contribution in [3.63, 3.8) is 0 Å². The lowest BCUT2D eigenvalue weighted by Gasteiger charge is -2.11. The lowest BCUT2D eigenvalue weighted by atomic mass is 10.1. The largest absolute Gasteiger partial charge is 0.381 e. The van der Waals surface area contributed by atoms with E-state index in [1.165, 1.54) is 21.2 Å². The van der Waals surface area contributed by atoms with E-state index in [1.807, 2.05) is 0 Å². The second kappa shape index (κ2) is 6.07. The van der Waals surface area contributed by atoms with Gasteiger partial charge in [0.25, 0.3) is 0 Å². The molecule has 0 radical (unpaired) electrons. The Labute approximate surface area is 123 Å². The molecule has 0 aliphatic rings. The molecule has 0 saturated carbocycles. The van der Waals surface area contributed by atoms with Gasteiger partial charge in [0.15, 0.2) is 0 Å². The predicted octanol–water partition coefficient (Wildman–Crippen LogP) is 4.66. The molecule has 0 spiro atoms. The van der Waals surface area contributed by atoms with Gasteiger partial charge < -0.3 is 10.1 Å². The summed E-state index contributed by atoms with van der Waals surface area (Å²) in [6, 6.07) is 17.0. The van der Waals surface area contributed by atoms with Gasteiger partial charge in [0.2, 0.25) is 0 Å². The van der Waals surface area contributed by atoms with Crippen molar-refractivity contribution in [2.45, 2.75) is 13.2 Å². The van der Waals surface area contributed by atoms with Gasteiger partial charge in [-0.25, -0.2) is 0 Å². The number of fused-ring (bicyclic) bond motifs is 1. The predicted molar refractivity (Wildman–Crippen MR) is 86.3 cm³/mol. The summed E-state index contributed by atoms with van der Waals surface area (Å²) in [5.74, 6) is 0. The monoisotopic (exact) mass is 283 g/mol. The molecule has 1 N–H and O–H groups in total. The van der Waals surface area contributed by atoms with E-state index in [4.69, 9.17) is 4.74 Å². The average molecular weight is 283 g/mol. The fraction of sp³-hybridized carbons (Fsp3) is 0.176. The third-order valence-electron chi connectivity index (χ3n) is 3.35. The molecule has 3 heteroatoms. The van der Waals surface area contributed by atoms with Gasteiger partial charge in [-0.3, -0.25) is 0 Å². The number of nitrogens with one attached hydrogen (secondary N) is 1. The number of ether oxygens (including phenoxy) is 1. The van der Waals surface area contributed by atoms with E-state index in [0.717, 1.165) is 12.2 Å². The molecule has 0 atom stereocenters. The van der Waals surface area contributed by atoms with E-state index < -0.39 is 0 Å². The molecule has 0 saturated heterocycles. The van der Waals surface area contributed by atoms with E-state index in [1.54, 1.807) is 18.4 Å². The Bertz CT molecular complexity index is 705. The molecule has 0 unspecified atom stereocenters. The van der Waals surface area contributed by atoms with E-state index in [2.05, 4.69) is 59.2 Å². The van der Waals surface area contributed by atoms with Crippen molar-refractivity contribution in [1.82, 2.24) is 0 Å². The van der Waals surface area contributed by atoms with Crippen LogP contribution in [-0.4, -0.2) is 7.11 Å². The smallest absolute Gasteiger partial charge is 0.0716 e. The number of hydrogen-bond donors (Lipinski definition) is 1. The third kappa shape index (κ3) is 2.84. The van der Waals surface area contributed by atoms with Crippen molar-refractivity contribution in [2.24, 2.45) is 0 Å². The van der Waals surface area contributed by atoms with Gasteiger partial charge in [-0.1, -0.05) is 24.3 Å². The summed E-state index contributed by atoms with van der Waals surface area (Å²) in [5, 5.41) is 6.91. The van der Waals surface area contributed by atoms with Crippen LogP contribution in [0.4, 0.5) is 5.69 Å². The van der Waals surface area contributed by atoms with Gasteiger partial charge in [-0.15, -0.1) is 11.3 Å². The molecule has 20 heavy (non-hydrogen) atoms. The van der Waals surface area contributed by atoms with Crippen LogP contribution in [0.3, 0.4) is 0 Å². The molecular weight excluding hydrogens is 266 g/mol. The molecule has 0 aliphatic heterocycles. The number of thiophene rings is 1. The van der Waals surface area contributed by atoms with E-state index >= 15 is 0 Å². The Balaban J connectivity index is 1.75. The number of benzene rings is 2. The highest BCUT2D eigenvalue weighted by atomic mass is 32.1. The van der Waals surface area contributed by atoms with Gasteiger partial charge in [0.05, 0.1) is 6.61 Å². The summed E-state index contributed by atoms with van der Waals surface area (Å²) in [5.41, 5.74) is 3.67. The van der Waals surface area contributed by atoms with Crippen LogP contribution in [0.15, 0.2) is 53.9 Å². The first-order valence-corrected chi connectivity index (χ1v) is 7.51. The number of anilines is 1. The topological polar surface area (TPSA) is 21.3 Å². The fourth-order valence-electron chi connectivity index (χ4n) is 2.30. The molecule has 3 rings (SSSR count). The number of methoxy groups -OCH3 is 1. The van der Waals surface area contributed by atoms with Crippen molar-refractivity contribution < 1.29 is 4.74 Å². The molecule has 1 aromatic heterocycles. The SMILES string of the molecule is COCc1ccccc1CNc1ccc2sccc2c1. The van der Waals surface area contributed by atoms with Crippen molar-refractivity contribution in [2.75, 3.05) is 12.4 Å². The molecule has 1 heterocycles. The first kappa shape index (κ1) is 13.2. The van der Waals surface area contributed by atoms with Crippen LogP contribution < -0.4 is 5.32 Å². The lowest BCUT2D eigenvalue weighted by Crippen LogP contribution is -2.03. The Morgan fingerprint density at radius 1 is 1.05 bits per heavy atom. The molecule has 102 valence electrons. The summed E-state index contributed by atoms with van der Waals surface area (Å²) in [7, 11) is 1.73. The first-order chi connectivity index (χ1) is 9.86. The highest BCUT2D eigenvalue weighted by molar-refractivity contribution is 7.17. The maximum Gasteiger partial charge on any atom is 0.0716 e. The van der Waals surface area contributed by atoms with Gasteiger partial charge in [0, 0.05) is 24.0 Å². The van der Waals surface area contributed by atoms with Gasteiger partial charge in [-0.05, 0) is 46.2 Å². The van der Waals surface area contributed by atoms with E-state index in [-0.39, 0.29) is 0 Å². The molecule has 0 fully saturated rings. The van der Waals surface area contributed by atoms with Crippen LogP contribution in [0.1, 0.15) is 11.1 Å². The fourth-order valence-corrected chi connectivity index (χ4v) is 3.07. The lowest BCUT2D eigenvalue weighted by molar-refractivity contribution is 0.184. The summed E-state index contributed by atoms with van der Waals surface area (Å²) < 4.78 is 6.57. The average Bonchev–Trinajstić information content (AvgIpc) is 2.94. The van der Waals surface area contributed by atoms with Gasteiger partial charge >= 0.3 is 0 Å². The second-order valence-electron chi connectivity index (χ2n) is 4.73. The minimum absolute atomic E-state index is 0.654. The zero-order valence-corrected chi connectivity index (χ0v) is 12.2. The Morgan fingerprint density at radius 3 is 2.75 bits per heavy atom. The molecular formula is C17H17NOS. The zero-order valence-electron chi connectivity index (χ0n) is 11.4. The quantitative estimate of drug-likeness (QED) is 0.735. The minimum Gasteiger partial charge on any atom is -0.381 e. The number of hydrogen-bond acceptors (Lipinski definition) is 3. The minimum atomic E-state index is 0.654. The van der Waals surface area contributed by atoms with Gasteiger partial charge in [0.1, 0.15) is 0 Å². The maximum atomic E-state index is 5.24. The van der Waals surface area contributed by atoms with Crippen molar-refractivity contribution in [3.05, 3.63) is 65.0 Å². The normalized spacial score (nSPS) is 10.8. The van der Waals surface area contributed by atoms with Crippen molar-refractivity contribution in [1.29, 1.82) is 0 Å². The van der Waals surface area contributed by atoms with Crippen molar-refractivity contribution in [3.8, 4) is 0 Å². The van der Waals surface area contributed by atoms with Crippen LogP contribution in [0.2, 0.25) is 0 Å². The van der Waals surface area contributed by atoms with Gasteiger partial charge in [-0.2, -0.15) is 0 Å². The third-order valence-corrected chi connectivity index (χ3v) is 4.25. The van der Waals surface area contributed by atoms with Crippen LogP contribution in [0, 0.1) is 0 Å². The molecule has 3 aromatic rings. The molecule has 2 aromatic carbocycles. The number of rotatable bonds is 5. The second-order valence-corrected chi connectivity index (χ2v) is 5.68. The Hall–Kier alpha value is -1.84. The summed E-state index contributed by atoms with van der Waals surface area (Å²) >= 11 is 1.78. The Kier molecular flexibility index (Phi) is 4.00. The highest BCUT2D eigenvalue weighted by Gasteiger charge is 2.02.